The van der Waals surface area contributed by atoms with E-state index in [0.717, 1.165) is 0 Å². The third-order valence-corrected chi connectivity index (χ3v) is 3.87. The number of rotatable bonds is 5. The van der Waals surface area contributed by atoms with E-state index >= 15 is 0 Å². The van der Waals surface area contributed by atoms with Crippen molar-refractivity contribution in [2.75, 3.05) is 17.1 Å². The molecule has 1 rings (SSSR count). The number of aliphatic hydroxyl groups excluding tert-OH is 1. The van der Waals surface area contributed by atoms with Crippen LogP contribution in [0.15, 0.2) is 18.3 Å². The zero-order valence-corrected chi connectivity index (χ0v) is 13.5. The lowest BCUT2D eigenvalue weighted by Crippen LogP contribution is -2.21. The molecule has 0 unspecified atom stereocenters. The number of hydrogen-bond acceptors (Lipinski definition) is 4. The maximum atomic E-state index is 12.0. The van der Waals surface area contributed by atoms with Crippen LogP contribution in [0.3, 0.4) is 0 Å². The Bertz CT molecular complexity index is 622. The zero-order chi connectivity index (χ0) is 15.9. The van der Waals surface area contributed by atoms with E-state index in [0.29, 0.717) is 18.4 Å². The van der Waals surface area contributed by atoms with Crippen LogP contribution in [-0.4, -0.2) is 30.9 Å². The highest BCUT2D eigenvalue weighted by Crippen LogP contribution is 2.20. The van der Waals surface area contributed by atoms with Gasteiger partial charge in [0.05, 0.1) is 12.4 Å². The second kappa shape index (κ2) is 7.43. The molecular weight excluding hydrogens is 288 g/mol. The van der Waals surface area contributed by atoms with Crippen molar-refractivity contribution >= 4 is 15.8 Å². The minimum absolute atomic E-state index is 0.00434. The van der Waals surface area contributed by atoms with Gasteiger partial charge in [0.2, 0.25) is 10.0 Å². The highest BCUT2D eigenvalue weighted by molar-refractivity contribution is 7.92. The van der Waals surface area contributed by atoms with Gasteiger partial charge in [-0.3, -0.25) is 4.72 Å². The Morgan fingerprint density at radius 2 is 2.10 bits per heavy atom. The molecule has 0 aliphatic rings. The molecule has 1 aromatic rings. The van der Waals surface area contributed by atoms with Crippen LogP contribution in [0.5, 0.6) is 0 Å². The van der Waals surface area contributed by atoms with Gasteiger partial charge in [0.15, 0.2) is 0 Å². The molecule has 21 heavy (non-hydrogen) atoms. The number of nitrogens with one attached hydrogen (secondary N) is 1. The normalized spacial score (nSPS) is 11.6. The molecule has 0 fully saturated rings. The van der Waals surface area contributed by atoms with Gasteiger partial charge in [0, 0.05) is 18.2 Å². The van der Waals surface area contributed by atoms with E-state index in [9.17, 15) is 8.42 Å². The molecule has 0 saturated heterocycles. The predicted molar refractivity (Wildman–Crippen MR) is 84.3 cm³/mol. The molecule has 0 spiro atoms. The lowest BCUT2D eigenvalue weighted by Gasteiger charge is -2.17. The molecule has 6 heteroatoms. The Hall–Kier alpha value is -1.58. The fourth-order valence-electron chi connectivity index (χ4n) is 1.44. The Morgan fingerprint density at radius 3 is 2.71 bits per heavy atom. The second-order valence-electron chi connectivity index (χ2n) is 5.94. The highest BCUT2D eigenvalue weighted by atomic mass is 32.2. The molecule has 0 aliphatic heterocycles. The number of hydrogen-bond donors (Lipinski definition) is 2. The van der Waals surface area contributed by atoms with Crippen molar-refractivity contribution in [3.63, 3.8) is 0 Å². The summed E-state index contributed by atoms with van der Waals surface area (Å²) in [6.45, 7) is 6.00. The standard InChI is InChI=1S/C15H22N2O3S/c1-15(2,3)8-11-21(19,20)17-14-12-13(7-9-16-14)6-4-5-10-18/h7,9,12,18H,5,8,10-11H2,1-3H3,(H,16,17). The molecule has 1 heterocycles. The van der Waals surface area contributed by atoms with Crippen LogP contribution in [0, 0.1) is 17.3 Å². The van der Waals surface area contributed by atoms with Crippen molar-refractivity contribution in [2.24, 2.45) is 5.41 Å². The number of aromatic nitrogens is 1. The van der Waals surface area contributed by atoms with Gasteiger partial charge in [-0.1, -0.05) is 32.6 Å². The minimum Gasteiger partial charge on any atom is -0.395 e. The number of aliphatic hydroxyl groups is 1. The predicted octanol–water partition coefficient (Wildman–Crippen LogP) is 1.99. The molecule has 1 aromatic heterocycles. The van der Waals surface area contributed by atoms with Gasteiger partial charge in [0.1, 0.15) is 5.82 Å². The summed E-state index contributed by atoms with van der Waals surface area (Å²) < 4.78 is 26.5. The summed E-state index contributed by atoms with van der Waals surface area (Å²) in [6, 6.07) is 3.27. The first-order valence-electron chi connectivity index (χ1n) is 6.78. The molecule has 5 nitrogen and oxygen atoms in total. The van der Waals surface area contributed by atoms with E-state index in [4.69, 9.17) is 5.11 Å². The molecule has 0 aliphatic carbocycles. The van der Waals surface area contributed by atoms with E-state index in [1.54, 1.807) is 12.1 Å². The van der Waals surface area contributed by atoms with Crippen LogP contribution in [-0.2, 0) is 10.0 Å². The van der Waals surface area contributed by atoms with E-state index in [-0.39, 0.29) is 23.6 Å². The van der Waals surface area contributed by atoms with E-state index in [1.165, 1.54) is 6.20 Å². The zero-order valence-electron chi connectivity index (χ0n) is 12.7. The summed E-state index contributed by atoms with van der Waals surface area (Å²) in [4.78, 5) is 3.99. The Kier molecular flexibility index (Phi) is 6.19. The Balaban J connectivity index is 2.75. The van der Waals surface area contributed by atoms with Gasteiger partial charge in [-0.15, -0.1) is 0 Å². The van der Waals surface area contributed by atoms with Crippen molar-refractivity contribution in [1.82, 2.24) is 4.98 Å². The van der Waals surface area contributed by atoms with Crippen molar-refractivity contribution in [3.05, 3.63) is 23.9 Å². The van der Waals surface area contributed by atoms with Crippen molar-refractivity contribution in [1.29, 1.82) is 0 Å². The third-order valence-electron chi connectivity index (χ3n) is 2.61. The van der Waals surface area contributed by atoms with Gasteiger partial charge in [0.25, 0.3) is 0 Å². The molecular formula is C15H22N2O3S. The van der Waals surface area contributed by atoms with Gasteiger partial charge in [-0.2, -0.15) is 0 Å². The number of nitrogens with zero attached hydrogens (tertiary/aromatic N) is 1. The summed E-state index contributed by atoms with van der Waals surface area (Å²) in [5.74, 6) is 5.94. The lowest BCUT2D eigenvalue weighted by molar-refractivity contribution is 0.305. The van der Waals surface area contributed by atoms with Crippen LogP contribution in [0.1, 0.15) is 39.2 Å². The van der Waals surface area contributed by atoms with Crippen LogP contribution < -0.4 is 4.72 Å². The van der Waals surface area contributed by atoms with Crippen LogP contribution in [0.25, 0.3) is 0 Å². The molecule has 0 bridgehead atoms. The van der Waals surface area contributed by atoms with Crippen LogP contribution in [0.4, 0.5) is 5.82 Å². The molecule has 0 saturated carbocycles. The smallest absolute Gasteiger partial charge is 0.233 e. The molecule has 0 aromatic carbocycles. The summed E-state index contributed by atoms with van der Waals surface area (Å²) in [6.07, 6.45) is 2.46. The maximum absolute atomic E-state index is 12.0. The molecule has 0 radical (unpaired) electrons. The monoisotopic (exact) mass is 310 g/mol. The van der Waals surface area contributed by atoms with Crippen molar-refractivity contribution in [2.45, 2.75) is 33.6 Å². The summed E-state index contributed by atoms with van der Waals surface area (Å²) in [5, 5.41) is 8.67. The Morgan fingerprint density at radius 1 is 1.38 bits per heavy atom. The molecule has 0 atom stereocenters. The fraction of sp³-hybridized carbons (Fsp3) is 0.533. The quantitative estimate of drug-likeness (QED) is 0.815. The topological polar surface area (TPSA) is 79.3 Å². The minimum atomic E-state index is -3.41. The average Bonchev–Trinajstić information content (AvgIpc) is 2.36. The highest BCUT2D eigenvalue weighted by Gasteiger charge is 2.17. The number of anilines is 1. The SMILES string of the molecule is CC(C)(C)CCS(=O)(=O)Nc1cc(C#CCCO)ccn1. The largest absolute Gasteiger partial charge is 0.395 e. The summed E-state index contributed by atoms with van der Waals surface area (Å²) in [7, 11) is -3.41. The van der Waals surface area contributed by atoms with Crippen LogP contribution in [0.2, 0.25) is 0 Å². The third kappa shape index (κ3) is 7.69. The first-order valence-corrected chi connectivity index (χ1v) is 8.43. The second-order valence-corrected chi connectivity index (χ2v) is 7.78. The number of sulfonamides is 1. The van der Waals surface area contributed by atoms with Crippen molar-refractivity contribution < 1.29 is 13.5 Å². The summed E-state index contributed by atoms with van der Waals surface area (Å²) in [5.41, 5.74) is 0.617. The van der Waals surface area contributed by atoms with Gasteiger partial charge in [-0.05, 0) is 24.0 Å². The Labute approximate surface area is 126 Å². The van der Waals surface area contributed by atoms with Crippen LogP contribution >= 0.6 is 0 Å². The van der Waals surface area contributed by atoms with Gasteiger partial charge >= 0.3 is 0 Å². The first kappa shape index (κ1) is 17.5. The van der Waals surface area contributed by atoms with Crippen molar-refractivity contribution in [3.8, 4) is 11.8 Å². The van der Waals surface area contributed by atoms with Gasteiger partial charge < -0.3 is 5.11 Å². The lowest BCUT2D eigenvalue weighted by atomic mass is 9.94. The van der Waals surface area contributed by atoms with Gasteiger partial charge in [-0.25, -0.2) is 13.4 Å². The number of pyridine rings is 1. The molecule has 116 valence electrons. The maximum Gasteiger partial charge on any atom is 0.233 e. The van der Waals surface area contributed by atoms with E-state index in [2.05, 4.69) is 21.5 Å². The van der Waals surface area contributed by atoms with E-state index < -0.39 is 10.0 Å². The molecule has 2 N–H and O–H groups in total. The fourth-order valence-corrected chi connectivity index (χ4v) is 2.85. The van der Waals surface area contributed by atoms with E-state index in [1.807, 2.05) is 20.8 Å². The first-order chi connectivity index (χ1) is 9.72. The molecule has 0 amide bonds. The summed E-state index contributed by atoms with van der Waals surface area (Å²) >= 11 is 0. The average molecular weight is 310 g/mol.